The highest BCUT2D eigenvalue weighted by molar-refractivity contribution is 9.10. The largest absolute Gasteiger partial charge is 0.321 e. The lowest BCUT2D eigenvalue weighted by Crippen LogP contribution is -2.12. The quantitative estimate of drug-likeness (QED) is 0.386. The molecule has 0 radical (unpaired) electrons. The number of rotatable bonds is 6. The lowest BCUT2D eigenvalue weighted by molar-refractivity contribution is 0.102. The number of hydrogen-bond acceptors (Lipinski definition) is 4. The van der Waals surface area contributed by atoms with Gasteiger partial charge in [-0.2, -0.15) is 0 Å². The Balaban J connectivity index is 1.57. The van der Waals surface area contributed by atoms with Crippen molar-refractivity contribution in [1.29, 1.82) is 0 Å². The third-order valence-corrected chi connectivity index (χ3v) is 5.95. The topological polar surface area (TPSA) is 59.8 Å². The van der Waals surface area contributed by atoms with Crippen molar-refractivity contribution in [1.82, 2.24) is 14.8 Å². The summed E-state index contributed by atoms with van der Waals surface area (Å²) in [5.41, 5.74) is 2.19. The van der Waals surface area contributed by atoms with Crippen LogP contribution in [0.25, 0.3) is 0 Å². The van der Waals surface area contributed by atoms with Gasteiger partial charge in [-0.15, -0.1) is 10.2 Å². The van der Waals surface area contributed by atoms with Crippen molar-refractivity contribution in [2.75, 3.05) is 5.32 Å². The van der Waals surface area contributed by atoms with Gasteiger partial charge in [0, 0.05) is 10.5 Å². The molecule has 1 heterocycles. The fourth-order valence-corrected chi connectivity index (χ4v) is 4.20. The Bertz CT molecular complexity index is 1170. The summed E-state index contributed by atoms with van der Waals surface area (Å²) in [6.07, 6.45) is 0. The Hall–Kier alpha value is -2.97. The number of aromatic nitrogens is 3. The standard InChI is InChI=1S/C22H16BrFN4OS/c23-21-26-27-22(28(21)14-15-10-12-17(24)13-11-15)30-19-9-5-4-8-18(19)25-20(29)16-6-2-1-3-7-16/h1-13H,14H2,(H,25,29). The van der Waals surface area contributed by atoms with Crippen molar-refractivity contribution < 1.29 is 9.18 Å². The summed E-state index contributed by atoms with van der Waals surface area (Å²) in [5.74, 6) is -0.461. The molecule has 0 spiro atoms. The normalized spacial score (nSPS) is 10.7. The van der Waals surface area contributed by atoms with Crippen LogP contribution in [0.5, 0.6) is 0 Å². The van der Waals surface area contributed by atoms with Crippen LogP contribution in [0.3, 0.4) is 0 Å². The van der Waals surface area contributed by atoms with Crippen LogP contribution >= 0.6 is 27.7 Å². The maximum Gasteiger partial charge on any atom is 0.255 e. The number of para-hydroxylation sites is 1. The molecule has 8 heteroatoms. The molecule has 3 aromatic carbocycles. The van der Waals surface area contributed by atoms with Crippen LogP contribution < -0.4 is 5.32 Å². The minimum Gasteiger partial charge on any atom is -0.321 e. The molecule has 0 aliphatic rings. The van der Waals surface area contributed by atoms with Gasteiger partial charge in [0.2, 0.25) is 4.73 Å². The van der Waals surface area contributed by atoms with E-state index in [1.807, 2.05) is 47.0 Å². The zero-order valence-corrected chi connectivity index (χ0v) is 18.0. The smallest absolute Gasteiger partial charge is 0.255 e. The molecule has 0 aliphatic carbocycles. The molecule has 0 saturated carbocycles. The number of benzene rings is 3. The fourth-order valence-electron chi connectivity index (χ4n) is 2.79. The molecule has 30 heavy (non-hydrogen) atoms. The van der Waals surface area contributed by atoms with E-state index in [-0.39, 0.29) is 11.7 Å². The lowest BCUT2D eigenvalue weighted by atomic mass is 10.2. The third kappa shape index (κ3) is 4.77. The molecule has 0 atom stereocenters. The molecule has 1 aromatic heterocycles. The zero-order valence-electron chi connectivity index (χ0n) is 15.6. The van der Waals surface area contributed by atoms with Crippen molar-refractivity contribution in [3.05, 3.63) is 101 Å². The second kappa shape index (κ2) is 9.23. The Morgan fingerprint density at radius 2 is 1.67 bits per heavy atom. The van der Waals surface area contributed by atoms with Gasteiger partial charge in [-0.05, 0) is 69.7 Å². The second-order valence-corrected chi connectivity index (χ2v) is 8.10. The maximum atomic E-state index is 13.2. The first-order valence-electron chi connectivity index (χ1n) is 9.06. The van der Waals surface area contributed by atoms with Gasteiger partial charge >= 0.3 is 0 Å². The monoisotopic (exact) mass is 482 g/mol. The molecule has 5 nitrogen and oxygen atoms in total. The van der Waals surface area contributed by atoms with Crippen molar-refractivity contribution >= 4 is 39.3 Å². The second-order valence-electron chi connectivity index (χ2n) is 6.38. The van der Waals surface area contributed by atoms with Crippen LogP contribution in [0.4, 0.5) is 10.1 Å². The number of amides is 1. The minimum atomic E-state index is -0.278. The van der Waals surface area contributed by atoms with Crippen molar-refractivity contribution in [2.45, 2.75) is 16.6 Å². The third-order valence-electron chi connectivity index (χ3n) is 4.30. The summed E-state index contributed by atoms with van der Waals surface area (Å²) >= 11 is 4.82. The number of carbonyl (C=O) groups is 1. The molecule has 0 bridgehead atoms. The van der Waals surface area contributed by atoms with E-state index in [1.54, 1.807) is 24.3 Å². The van der Waals surface area contributed by atoms with Gasteiger partial charge in [-0.25, -0.2) is 4.39 Å². The molecule has 1 amide bonds. The SMILES string of the molecule is O=C(Nc1ccccc1Sc1nnc(Br)n1Cc1ccc(F)cc1)c1ccccc1. The van der Waals surface area contributed by atoms with Gasteiger partial charge < -0.3 is 5.32 Å². The summed E-state index contributed by atoms with van der Waals surface area (Å²) in [6.45, 7) is 0.481. The molecular formula is C22H16BrFN4OS. The van der Waals surface area contributed by atoms with Gasteiger partial charge in [-0.3, -0.25) is 9.36 Å². The predicted octanol–water partition coefficient (Wildman–Crippen LogP) is 5.63. The van der Waals surface area contributed by atoms with Crippen molar-refractivity contribution in [2.24, 2.45) is 0 Å². The van der Waals surface area contributed by atoms with Gasteiger partial charge in [0.25, 0.3) is 5.91 Å². The van der Waals surface area contributed by atoms with Gasteiger partial charge in [0.1, 0.15) is 5.82 Å². The predicted molar refractivity (Wildman–Crippen MR) is 118 cm³/mol. The Labute approximate surface area is 185 Å². The molecule has 1 N–H and O–H groups in total. The Morgan fingerprint density at radius 1 is 0.967 bits per heavy atom. The summed E-state index contributed by atoms with van der Waals surface area (Å²) in [4.78, 5) is 13.4. The van der Waals surface area contributed by atoms with Gasteiger partial charge in [0.15, 0.2) is 5.16 Å². The van der Waals surface area contributed by atoms with E-state index >= 15 is 0 Å². The lowest BCUT2D eigenvalue weighted by Gasteiger charge is -2.12. The maximum absolute atomic E-state index is 13.2. The van der Waals surface area contributed by atoms with Crippen molar-refractivity contribution in [3.63, 3.8) is 0 Å². The number of nitrogens with one attached hydrogen (secondary N) is 1. The fraction of sp³-hybridized carbons (Fsp3) is 0.0455. The number of carbonyl (C=O) groups excluding carboxylic acids is 1. The van der Waals surface area contributed by atoms with E-state index < -0.39 is 0 Å². The van der Waals surface area contributed by atoms with E-state index in [0.29, 0.717) is 27.7 Å². The zero-order chi connectivity index (χ0) is 20.9. The minimum absolute atomic E-state index is 0.183. The average molecular weight is 483 g/mol. The molecular weight excluding hydrogens is 467 g/mol. The average Bonchev–Trinajstić information content (AvgIpc) is 3.11. The van der Waals surface area contributed by atoms with Crippen LogP contribution in [0, 0.1) is 5.82 Å². The number of nitrogens with zero attached hydrogens (tertiary/aromatic N) is 3. The molecule has 4 rings (SSSR count). The van der Waals surface area contributed by atoms with Crippen molar-refractivity contribution in [3.8, 4) is 0 Å². The highest BCUT2D eigenvalue weighted by Gasteiger charge is 2.15. The van der Waals surface area contributed by atoms with Gasteiger partial charge in [-0.1, -0.05) is 42.5 Å². The number of anilines is 1. The molecule has 150 valence electrons. The van der Waals surface area contributed by atoms with E-state index in [2.05, 4.69) is 31.4 Å². The highest BCUT2D eigenvalue weighted by atomic mass is 79.9. The summed E-state index contributed by atoms with van der Waals surface area (Å²) in [5, 5.41) is 12.0. The highest BCUT2D eigenvalue weighted by Crippen LogP contribution is 2.34. The number of halogens is 2. The van der Waals surface area contributed by atoms with Crippen LogP contribution in [-0.2, 0) is 6.54 Å². The molecule has 4 aromatic rings. The molecule has 0 aliphatic heterocycles. The van der Waals surface area contributed by atoms with Crippen LogP contribution in [0.1, 0.15) is 15.9 Å². The first-order valence-corrected chi connectivity index (χ1v) is 10.7. The summed E-state index contributed by atoms with van der Waals surface area (Å²) in [6, 6.07) is 22.9. The molecule has 0 fully saturated rings. The van der Waals surface area contributed by atoms with E-state index in [1.165, 1.54) is 23.9 Å². The summed E-state index contributed by atoms with van der Waals surface area (Å²) in [7, 11) is 0. The molecule has 0 saturated heterocycles. The van der Waals surface area contributed by atoms with E-state index in [0.717, 1.165) is 10.5 Å². The van der Waals surface area contributed by atoms with E-state index in [4.69, 9.17) is 0 Å². The van der Waals surface area contributed by atoms with Crippen LogP contribution in [-0.4, -0.2) is 20.7 Å². The number of hydrogen-bond donors (Lipinski definition) is 1. The van der Waals surface area contributed by atoms with Crippen LogP contribution in [0.2, 0.25) is 0 Å². The first-order chi connectivity index (χ1) is 14.6. The van der Waals surface area contributed by atoms with E-state index in [9.17, 15) is 9.18 Å². The van der Waals surface area contributed by atoms with Gasteiger partial charge in [0.05, 0.1) is 12.2 Å². The summed E-state index contributed by atoms with van der Waals surface area (Å²) < 4.78 is 15.7. The Kier molecular flexibility index (Phi) is 6.25. The first kappa shape index (κ1) is 20.3. The molecule has 0 unspecified atom stereocenters. The Morgan fingerprint density at radius 3 is 2.43 bits per heavy atom. The van der Waals surface area contributed by atoms with Crippen LogP contribution in [0.15, 0.2) is 93.6 Å².